The molecule has 1 fully saturated rings. The van der Waals surface area contributed by atoms with Crippen LogP contribution in [0.3, 0.4) is 0 Å². The lowest BCUT2D eigenvalue weighted by molar-refractivity contribution is -0.0515. The number of ether oxygens (including phenoxy) is 1. The predicted molar refractivity (Wildman–Crippen MR) is 47.5 cm³/mol. The topological polar surface area (TPSA) is 33.0 Å². The van der Waals surface area contributed by atoms with E-state index < -0.39 is 0 Å². The molecule has 0 aliphatic heterocycles. The van der Waals surface area contributed by atoms with Crippen LogP contribution < -0.4 is 0 Å². The Labute approximate surface area is 74.5 Å². The second-order valence-electron chi connectivity index (χ2n) is 4.02. The lowest BCUT2D eigenvalue weighted by Crippen LogP contribution is -2.44. The largest absolute Gasteiger partial charge is 0.380 e. The maximum Gasteiger partial charge on any atom is 0.0837 e. The molecular weight excluding hydrogens is 150 g/mol. The first-order chi connectivity index (χ1) is 5.66. The van der Waals surface area contributed by atoms with Gasteiger partial charge in [-0.15, -0.1) is 0 Å². The Morgan fingerprint density at radius 3 is 2.08 bits per heavy atom. The molecule has 0 heterocycles. The highest BCUT2D eigenvalue weighted by Gasteiger charge is 2.46. The molecule has 0 saturated heterocycles. The van der Waals surface area contributed by atoms with Crippen molar-refractivity contribution in [2.24, 2.45) is 11.3 Å². The average molecular weight is 167 g/mol. The van der Waals surface area contributed by atoms with Gasteiger partial charge in [0, 0.05) is 7.11 Å². The van der Waals surface area contributed by atoms with Gasteiger partial charge in [0.25, 0.3) is 0 Å². The molecule has 1 rings (SSSR count). The van der Waals surface area contributed by atoms with Crippen LogP contribution in [0.5, 0.6) is 0 Å². The fraction of sp³-hybridized carbons (Fsp3) is 0.900. The molecule has 0 radical (unpaired) electrons. The molecule has 2 nitrogen and oxygen atoms in total. The highest BCUT2D eigenvalue weighted by molar-refractivity contribution is 5.09. The number of hydrogen-bond donors (Lipinski definition) is 0. The zero-order valence-corrected chi connectivity index (χ0v) is 8.13. The van der Waals surface area contributed by atoms with E-state index in [9.17, 15) is 0 Å². The molecule has 1 unspecified atom stereocenters. The predicted octanol–water partition coefficient (Wildman–Crippen LogP) is 2.35. The molecular formula is C10H17NO. The van der Waals surface area contributed by atoms with Gasteiger partial charge >= 0.3 is 0 Å². The molecule has 68 valence electrons. The van der Waals surface area contributed by atoms with Gasteiger partial charge in [0.2, 0.25) is 0 Å². The molecule has 0 N–H and O–H groups in total. The fourth-order valence-corrected chi connectivity index (χ4v) is 2.15. The molecule has 1 aliphatic rings. The number of methoxy groups -OCH3 is 1. The monoisotopic (exact) mass is 167 g/mol. The summed E-state index contributed by atoms with van der Waals surface area (Å²) < 4.78 is 5.39. The van der Waals surface area contributed by atoms with Gasteiger partial charge in [-0.2, -0.15) is 5.26 Å². The molecule has 0 amide bonds. The number of rotatable bonds is 3. The van der Waals surface area contributed by atoms with Gasteiger partial charge in [-0.1, -0.05) is 20.3 Å². The third kappa shape index (κ3) is 1.34. The fourth-order valence-electron chi connectivity index (χ4n) is 2.15. The van der Waals surface area contributed by atoms with E-state index in [1.54, 1.807) is 7.11 Å². The van der Waals surface area contributed by atoms with Crippen molar-refractivity contribution in [2.45, 2.75) is 39.2 Å². The van der Waals surface area contributed by atoms with Crippen molar-refractivity contribution >= 4 is 0 Å². The lowest BCUT2D eigenvalue weighted by Gasteiger charge is -2.43. The minimum Gasteiger partial charge on any atom is -0.380 e. The van der Waals surface area contributed by atoms with E-state index in [4.69, 9.17) is 10.00 Å². The van der Waals surface area contributed by atoms with Crippen molar-refractivity contribution in [3.63, 3.8) is 0 Å². The SMILES string of the molecule is COC(C(C)C)C1(C#N)CCC1. The summed E-state index contributed by atoms with van der Waals surface area (Å²) in [5, 5.41) is 9.06. The Balaban J connectivity index is 2.70. The molecule has 0 aromatic rings. The standard InChI is InChI=1S/C10H17NO/c1-8(2)9(12-3)10(7-11)5-4-6-10/h8-9H,4-6H2,1-3H3. The first-order valence-corrected chi connectivity index (χ1v) is 4.60. The van der Waals surface area contributed by atoms with E-state index in [1.165, 1.54) is 6.42 Å². The second-order valence-corrected chi connectivity index (χ2v) is 4.02. The summed E-state index contributed by atoms with van der Waals surface area (Å²) in [5.41, 5.74) is -0.164. The first kappa shape index (κ1) is 9.54. The van der Waals surface area contributed by atoms with Crippen molar-refractivity contribution in [3.05, 3.63) is 0 Å². The minimum atomic E-state index is -0.164. The second kappa shape index (κ2) is 3.45. The van der Waals surface area contributed by atoms with Gasteiger partial charge in [-0.25, -0.2) is 0 Å². The van der Waals surface area contributed by atoms with E-state index in [0.717, 1.165) is 12.8 Å². The highest BCUT2D eigenvalue weighted by atomic mass is 16.5. The third-order valence-electron chi connectivity index (χ3n) is 2.87. The Kier molecular flexibility index (Phi) is 2.74. The number of nitrogens with zero attached hydrogens (tertiary/aromatic N) is 1. The van der Waals surface area contributed by atoms with Gasteiger partial charge in [-0.05, 0) is 18.8 Å². The molecule has 2 heteroatoms. The summed E-state index contributed by atoms with van der Waals surface area (Å²) in [6, 6.07) is 2.42. The summed E-state index contributed by atoms with van der Waals surface area (Å²) in [6.45, 7) is 4.23. The van der Waals surface area contributed by atoms with Crippen molar-refractivity contribution in [3.8, 4) is 6.07 Å². The summed E-state index contributed by atoms with van der Waals surface area (Å²) in [6.07, 6.45) is 3.33. The lowest BCUT2D eigenvalue weighted by atomic mass is 9.63. The van der Waals surface area contributed by atoms with E-state index in [2.05, 4.69) is 19.9 Å². The van der Waals surface area contributed by atoms with Gasteiger partial charge in [-0.3, -0.25) is 0 Å². The highest BCUT2D eigenvalue weighted by Crippen LogP contribution is 2.46. The number of nitriles is 1. The van der Waals surface area contributed by atoms with Crippen molar-refractivity contribution < 1.29 is 4.74 Å². The summed E-state index contributed by atoms with van der Waals surface area (Å²) in [5.74, 6) is 0.440. The van der Waals surface area contributed by atoms with Crippen LogP contribution in [0.4, 0.5) is 0 Å². The van der Waals surface area contributed by atoms with E-state index >= 15 is 0 Å². The summed E-state index contributed by atoms with van der Waals surface area (Å²) >= 11 is 0. The molecule has 12 heavy (non-hydrogen) atoms. The van der Waals surface area contributed by atoms with Crippen LogP contribution in [0.2, 0.25) is 0 Å². The van der Waals surface area contributed by atoms with E-state index in [1.807, 2.05) is 0 Å². The Morgan fingerprint density at radius 1 is 1.42 bits per heavy atom. The normalized spacial score (nSPS) is 22.9. The van der Waals surface area contributed by atoms with Gasteiger partial charge in [0.15, 0.2) is 0 Å². The van der Waals surface area contributed by atoms with Gasteiger partial charge < -0.3 is 4.74 Å². The maximum absolute atomic E-state index is 9.06. The first-order valence-electron chi connectivity index (χ1n) is 4.60. The zero-order chi connectivity index (χ0) is 9.19. The van der Waals surface area contributed by atoms with Crippen LogP contribution in [-0.2, 0) is 4.74 Å². The van der Waals surface area contributed by atoms with Gasteiger partial charge in [0.1, 0.15) is 0 Å². The quantitative estimate of drug-likeness (QED) is 0.646. The Morgan fingerprint density at radius 2 is 2.00 bits per heavy atom. The van der Waals surface area contributed by atoms with Crippen LogP contribution in [0.25, 0.3) is 0 Å². The Hall–Kier alpha value is -0.550. The summed E-state index contributed by atoms with van der Waals surface area (Å²) in [7, 11) is 1.71. The van der Waals surface area contributed by atoms with Crippen LogP contribution in [-0.4, -0.2) is 13.2 Å². The average Bonchev–Trinajstić information content (AvgIpc) is 1.95. The van der Waals surface area contributed by atoms with Crippen LogP contribution in [0.15, 0.2) is 0 Å². The van der Waals surface area contributed by atoms with Crippen LogP contribution in [0, 0.1) is 22.7 Å². The van der Waals surface area contributed by atoms with Gasteiger partial charge in [0.05, 0.1) is 17.6 Å². The van der Waals surface area contributed by atoms with Crippen molar-refractivity contribution in [1.29, 1.82) is 5.26 Å². The van der Waals surface area contributed by atoms with E-state index in [0.29, 0.717) is 5.92 Å². The third-order valence-corrected chi connectivity index (χ3v) is 2.87. The Bertz CT molecular complexity index is 189. The van der Waals surface area contributed by atoms with Crippen molar-refractivity contribution in [1.82, 2.24) is 0 Å². The smallest absolute Gasteiger partial charge is 0.0837 e. The van der Waals surface area contributed by atoms with Crippen molar-refractivity contribution in [2.75, 3.05) is 7.11 Å². The minimum absolute atomic E-state index is 0.122. The molecule has 0 spiro atoms. The molecule has 0 bridgehead atoms. The molecule has 1 saturated carbocycles. The van der Waals surface area contributed by atoms with Crippen LogP contribution >= 0.6 is 0 Å². The molecule has 0 aromatic carbocycles. The molecule has 1 atom stereocenters. The van der Waals surface area contributed by atoms with E-state index in [-0.39, 0.29) is 11.5 Å². The summed E-state index contributed by atoms with van der Waals surface area (Å²) in [4.78, 5) is 0. The molecule has 0 aromatic heterocycles. The zero-order valence-electron chi connectivity index (χ0n) is 8.13. The number of hydrogen-bond acceptors (Lipinski definition) is 2. The molecule has 1 aliphatic carbocycles. The maximum atomic E-state index is 9.06. The van der Waals surface area contributed by atoms with Crippen LogP contribution in [0.1, 0.15) is 33.1 Å².